The fourth-order valence-corrected chi connectivity index (χ4v) is 3.13. The molecule has 0 radical (unpaired) electrons. The Bertz CT molecular complexity index is 463. The Morgan fingerprint density at radius 1 is 1.24 bits per heavy atom. The van der Waals surface area contributed by atoms with E-state index in [0.717, 1.165) is 31.7 Å². The van der Waals surface area contributed by atoms with Crippen LogP contribution in [0.25, 0.3) is 0 Å². The molecule has 0 bridgehead atoms. The summed E-state index contributed by atoms with van der Waals surface area (Å²) >= 11 is 0. The minimum Gasteiger partial charge on any atom is -0.497 e. The van der Waals surface area contributed by atoms with Crippen molar-refractivity contribution in [1.82, 2.24) is 4.90 Å². The van der Waals surface area contributed by atoms with Crippen LogP contribution < -0.4 is 4.74 Å². The van der Waals surface area contributed by atoms with Gasteiger partial charge in [0.2, 0.25) is 0 Å². The van der Waals surface area contributed by atoms with Gasteiger partial charge < -0.3 is 4.74 Å². The van der Waals surface area contributed by atoms with Crippen molar-refractivity contribution in [2.45, 2.75) is 51.5 Å². The van der Waals surface area contributed by atoms with Crippen molar-refractivity contribution >= 4 is 5.78 Å². The van der Waals surface area contributed by atoms with Gasteiger partial charge >= 0.3 is 0 Å². The van der Waals surface area contributed by atoms with Crippen molar-refractivity contribution < 1.29 is 9.53 Å². The summed E-state index contributed by atoms with van der Waals surface area (Å²) in [5.41, 5.74) is 0.923. The summed E-state index contributed by atoms with van der Waals surface area (Å²) in [5, 5.41) is 0. The number of ketones is 1. The fraction of sp³-hybridized carbons (Fsp3) is 0.611. The number of benzene rings is 1. The number of hydrogen-bond acceptors (Lipinski definition) is 3. The Hall–Kier alpha value is -1.35. The van der Waals surface area contributed by atoms with Crippen molar-refractivity contribution in [3.8, 4) is 5.75 Å². The van der Waals surface area contributed by atoms with E-state index in [4.69, 9.17) is 4.74 Å². The predicted octanol–water partition coefficient (Wildman–Crippen LogP) is 3.46. The topological polar surface area (TPSA) is 29.5 Å². The molecular formula is C18H27NO2. The normalized spacial score (nSPS) is 18.4. The van der Waals surface area contributed by atoms with Gasteiger partial charge in [-0.25, -0.2) is 0 Å². The molecule has 1 heterocycles. The molecule has 3 nitrogen and oxygen atoms in total. The highest BCUT2D eigenvalue weighted by Crippen LogP contribution is 2.27. The minimum absolute atomic E-state index is 0.275. The first-order valence-electron chi connectivity index (χ1n) is 8.01. The quantitative estimate of drug-likeness (QED) is 0.770. The number of likely N-dealkylation sites (tertiary alicyclic amines) is 1. The van der Waals surface area contributed by atoms with Gasteiger partial charge in [-0.15, -0.1) is 0 Å². The van der Waals surface area contributed by atoms with Gasteiger partial charge in [-0.3, -0.25) is 9.69 Å². The molecule has 0 amide bonds. The van der Waals surface area contributed by atoms with Gasteiger partial charge in [0.25, 0.3) is 0 Å². The van der Waals surface area contributed by atoms with E-state index in [2.05, 4.69) is 18.7 Å². The van der Waals surface area contributed by atoms with Gasteiger partial charge in [-0.05, 0) is 63.4 Å². The number of hydrogen-bond donors (Lipinski definition) is 0. The van der Waals surface area contributed by atoms with E-state index in [9.17, 15) is 4.79 Å². The molecule has 1 unspecified atom stereocenters. The molecule has 0 aliphatic carbocycles. The highest BCUT2D eigenvalue weighted by Gasteiger charge is 2.37. The third-order valence-electron chi connectivity index (χ3n) is 4.89. The molecule has 0 spiro atoms. The van der Waals surface area contributed by atoms with Crippen LogP contribution in [0, 0.1) is 0 Å². The van der Waals surface area contributed by atoms with E-state index in [-0.39, 0.29) is 5.54 Å². The molecule has 1 aliphatic heterocycles. The summed E-state index contributed by atoms with van der Waals surface area (Å²) in [5.74, 6) is 1.24. The second-order valence-electron chi connectivity index (χ2n) is 6.09. The smallest absolute Gasteiger partial charge is 0.153 e. The molecular weight excluding hydrogens is 262 g/mol. The first-order valence-corrected chi connectivity index (χ1v) is 8.01. The maximum Gasteiger partial charge on any atom is 0.153 e. The molecule has 1 atom stereocenters. The SMILES string of the molecule is CCC(C)(C(=O)CCc1ccc(OC)cc1)N1CCCC1. The van der Waals surface area contributed by atoms with Crippen molar-refractivity contribution in [2.75, 3.05) is 20.2 Å². The highest BCUT2D eigenvalue weighted by atomic mass is 16.5. The van der Waals surface area contributed by atoms with E-state index < -0.39 is 0 Å². The molecule has 1 aromatic rings. The molecule has 0 N–H and O–H groups in total. The average Bonchev–Trinajstić information content (AvgIpc) is 3.07. The van der Waals surface area contributed by atoms with E-state index in [0.29, 0.717) is 12.2 Å². The number of nitrogens with zero attached hydrogens (tertiary/aromatic N) is 1. The average molecular weight is 289 g/mol. The predicted molar refractivity (Wildman–Crippen MR) is 85.8 cm³/mol. The summed E-state index contributed by atoms with van der Waals surface area (Å²) in [6.45, 7) is 6.38. The van der Waals surface area contributed by atoms with Crippen molar-refractivity contribution in [1.29, 1.82) is 0 Å². The van der Waals surface area contributed by atoms with Gasteiger partial charge in [-0.1, -0.05) is 19.1 Å². The molecule has 1 aliphatic rings. The van der Waals surface area contributed by atoms with Crippen LogP contribution in [-0.4, -0.2) is 36.4 Å². The number of rotatable bonds is 7. The molecule has 21 heavy (non-hydrogen) atoms. The van der Waals surface area contributed by atoms with Crippen molar-refractivity contribution in [3.05, 3.63) is 29.8 Å². The number of aryl methyl sites for hydroxylation is 1. The lowest BCUT2D eigenvalue weighted by Gasteiger charge is -2.36. The van der Waals surface area contributed by atoms with Gasteiger partial charge in [0.1, 0.15) is 5.75 Å². The van der Waals surface area contributed by atoms with Crippen LogP contribution in [0.4, 0.5) is 0 Å². The summed E-state index contributed by atoms with van der Waals surface area (Å²) in [7, 11) is 1.67. The Balaban J connectivity index is 1.95. The van der Waals surface area contributed by atoms with Gasteiger partial charge in [-0.2, -0.15) is 0 Å². The monoisotopic (exact) mass is 289 g/mol. The molecule has 1 fully saturated rings. The fourth-order valence-electron chi connectivity index (χ4n) is 3.13. The summed E-state index contributed by atoms with van der Waals surface area (Å²) in [6.07, 6.45) is 4.77. The highest BCUT2D eigenvalue weighted by molar-refractivity contribution is 5.88. The molecule has 1 aromatic carbocycles. The summed E-state index contributed by atoms with van der Waals surface area (Å²) < 4.78 is 5.16. The Morgan fingerprint density at radius 2 is 1.86 bits per heavy atom. The molecule has 1 saturated heterocycles. The lowest BCUT2D eigenvalue weighted by Crippen LogP contribution is -2.50. The van der Waals surface area contributed by atoms with Gasteiger partial charge in [0.05, 0.1) is 12.6 Å². The van der Waals surface area contributed by atoms with Crippen LogP contribution in [0.5, 0.6) is 5.75 Å². The number of Topliss-reactive ketones (excluding diaryl/α,β-unsaturated/α-hetero) is 1. The molecule has 3 heteroatoms. The first-order chi connectivity index (χ1) is 10.1. The summed E-state index contributed by atoms with van der Waals surface area (Å²) in [4.78, 5) is 15.1. The molecule has 2 rings (SSSR count). The maximum absolute atomic E-state index is 12.7. The lowest BCUT2D eigenvalue weighted by molar-refractivity contribution is -0.130. The van der Waals surface area contributed by atoms with E-state index in [1.807, 2.05) is 24.3 Å². The van der Waals surface area contributed by atoms with Crippen molar-refractivity contribution in [3.63, 3.8) is 0 Å². The van der Waals surface area contributed by atoms with Crippen LogP contribution in [0.1, 0.15) is 45.1 Å². The molecule has 116 valence electrons. The minimum atomic E-state index is -0.275. The second-order valence-corrected chi connectivity index (χ2v) is 6.09. The first kappa shape index (κ1) is 16.0. The molecule has 0 saturated carbocycles. The van der Waals surface area contributed by atoms with Crippen LogP contribution in [0.2, 0.25) is 0 Å². The Morgan fingerprint density at radius 3 is 2.38 bits per heavy atom. The van der Waals surface area contributed by atoms with Crippen LogP contribution in [0.15, 0.2) is 24.3 Å². The van der Waals surface area contributed by atoms with Crippen LogP contribution in [0.3, 0.4) is 0 Å². The third-order valence-corrected chi connectivity index (χ3v) is 4.89. The zero-order valence-electron chi connectivity index (χ0n) is 13.5. The number of carbonyl (C=O) groups is 1. The zero-order chi connectivity index (χ0) is 15.3. The molecule has 0 aromatic heterocycles. The Kier molecular flexibility index (Phi) is 5.40. The number of ether oxygens (including phenoxy) is 1. The third kappa shape index (κ3) is 3.65. The lowest BCUT2D eigenvalue weighted by atomic mass is 9.88. The zero-order valence-corrected chi connectivity index (χ0v) is 13.5. The maximum atomic E-state index is 12.7. The van der Waals surface area contributed by atoms with Crippen molar-refractivity contribution in [2.24, 2.45) is 0 Å². The number of carbonyl (C=O) groups excluding carboxylic acids is 1. The Labute approximate surface area is 128 Å². The van der Waals surface area contributed by atoms with E-state index in [1.54, 1.807) is 7.11 Å². The van der Waals surface area contributed by atoms with Gasteiger partial charge in [0, 0.05) is 6.42 Å². The standard InChI is InChI=1S/C18H27NO2/c1-4-18(2,19-13-5-6-14-19)17(20)12-9-15-7-10-16(21-3)11-8-15/h7-8,10-11H,4-6,9,12-14H2,1-3H3. The van der Waals surface area contributed by atoms with Gasteiger partial charge in [0.15, 0.2) is 5.78 Å². The largest absolute Gasteiger partial charge is 0.497 e. The van der Waals surface area contributed by atoms with E-state index >= 15 is 0 Å². The second kappa shape index (κ2) is 7.08. The van der Waals surface area contributed by atoms with Crippen LogP contribution >= 0.6 is 0 Å². The van der Waals surface area contributed by atoms with E-state index in [1.165, 1.54) is 18.4 Å². The summed E-state index contributed by atoms with van der Waals surface area (Å²) in [6, 6.07) is 8.01. The van der Waals surface area contributed by atoms with Crippen LogP contribution in [-0.2, 0) is 11.2 Å². The number of methoxy groups -OCH3 is 1.